The summed E-state index contributed by atoms with van der Waals surface area (Å²) < 4.78 is 16.6. The maximum atomic E-state index is 11.4. The molecule has 0 amide bonds. The van der Waals surface area contributed by atoms with Gasteiger partial charge in [-0.15, -0.1) is 0 Å². The van der Waals surface area contributed by atoms with E-state index in [4.69, 9.17) is 4.52 Å². The van der Waals surface area contributed by atoms with Crippen LogP contribution in [0.15, 0.2) is 0 Å². The Balaban J connectivity index is 3.80. The molecule has 0 saturated heterocycles. The van der Waals surface area contributed by atoms with Crippen molar-refractivity contribution in [2.45, 2.75) is 20.8 Å². The standard InChI is InChI=1S/C7H17O2PS/c1-7(2,3)6-9-10(4,8)11-5/h6H2,1-5H3. The molecule has 0 saturated carbocycles. The molecule has 0 aliphatic heterocycles. The number of hydrogen-bond donors (Lipinski definition) is 0. The maximum absolute atomic E-state index is 11.4. The summed E-state index contributed by atoms with van der Waals surface area (Å²) in [6, 6.07) is 0. The van der Waals surface area contributed by atoms with E-state index >= 15 is 0 Å². The van der Waals surface area contributed by atoms with Gasteiger partial charge in [0.25, 0.3) is 6.57 Å². The summed E-state index contributed by atoms with van der Waals surface area (Å²) in [5.41, 5.74) is 0.0986. The van der Waals surface area contributed by atoms with Crippen LogP contribution in [0, 0.1) is 5.41 Å². The highest BCUT2D eigenvalue weighted by Gasteiger charge is 2.18. The van der Waals surface area contributed by atoms with Gasteiger partial charge in [0.2, 0.25) is 0 Å². The minimum Gasteiger partial charge on any atom is -0.321 e. The third-order valence-electron chi connectivity index (χ3n) is 1.06. The summed E-state index contributed by atoms with van der Waals surface area (Å²) in [6.07, 6.45) is 1.81. The lowest BCUT2D eigenvalue weighted by molar-refractivity contribution is 0.207. The smallest absolute Gasteiger partial charge is 0.254 e. The SMILES string of the molecule is CSP(C)(=O)OCC(C)(C)C. The fourth-order valence-corrected chi connectivity index (χ4v) is 1.57. The van der Waals surface area contributed by atoms with E-state index in [2.05, 4.69) is 20.8 Å². The lowest BCUT2D eigenvalue weighted by Crippen LogP contribution is -2.12. The van der Waals surface area contributed by atoms with Gasteiger partial charge in [0, 0.05) is 6.66 Å². The largest absolute Gasteiger partial charge is 0.321 e. The van der Waals surface area contributed by atoms with Gasteiger partial charge < -0.3 is 4.52 Å². The molecule has 4 heteroatoms. The van der Waals surface area contributed by atoms with Crippen LogP contribution in [0.5, 0.6) is 0 Å². The van der Waals surface area contributed by atoms with Crippen LogP contribution in [0.2, 0.25) is 0 Å². The molecule has 2 nitrogen and oxygen atoms in total. The molecule has 0 rings (SSSR count). The van der Waals surface area contributed by atoms with Gasteiger partial charge in [-0.2, -0.15) is 0 Å². The van der Waals surface area contributed by atoms with Gasteiger partial charge in [0.1, 0.15) is 0 Å². The summed E-state index contributed by atoms with van der Waals surface area (Å²) in [7, 11) is 0. The molecule has 0 aliphatic rings. The van der Waals surface area contributed by atoms with E-state index in [1.165, 1.54) is 11.4 Å². The van der Waals surface area contributed by atoms with Gasteiger partial charge in [-0.25, -0.2) is 0 Å². The molecule has 0 aromatic rings. The van der Waals surface area contributed by atoms with Crippen molar-refractivity contribution in [3.05, 3.63) is 0 Å². The van der Waals surface area contributed by atoms with E-state index in [1.807, 2.05) is 6.26 Å². The van der Waals surface area contributed by atoms with Crippen LogP contribution < -0.4 is 0 Å². The Hall–Kier alpha value is 0.540. The van der Waals surface area contributed by atoms with Crippen LogP contribution >= 0.6 is 18.0 Å². The quantitative estimate of drug-likeness (QED) is 0.648. The highest BCUT2D eigenvalue weighted by Crippen LogP contribution is 2.55. The molecule has 0 bridgehead atoms. The number of hydrogen-bond acceptors (Lipinski definition) is 3. The van der Waals surface area contributed by atoms with Crippen LogP contribution in [0.4, 0.5) is 0 Å². The van der Waals surface area contributed by atoms with E-state index in [0.29, 0.717) is 6.61 Å². The van der Waals surface area contributed by atoms with Gasteiger partial charge in [-0.1, -0.05) is 32.2 Å². The van der Waals surface area contributed by atoms with Crippen molar-refractivity contribution in [2.75, 3.05) is 19.5 Å². The van der Waals surface area contributed by atoms with Gasteiger partial charge in [-0.3, -0.25) is 4.57 Å². The maximum Gasteiger partial charge on any atom is 0.254 e. The first-order chi connectivity index (χ1) is 4.77. The molecule has 1 unspecified atom stereocenters. The summed E-state index contributed by atoms with van der Waals surface area (Å²) in [6.45, 7) is 6.05. The minimum atomic E-state index is -2.35. The van der Waals surface area contributed by atoms with Crippen LogP contribution in [0.1, 0.15) is 20.8 Å². The average Bonchev–Trinajstić information content (AvgIpc) is 1.83. The Morgan fingerprint density at radius 2 is 1.91 bits per heavy atom. The summed E-state index contributed by atoms with van der Waals surface area (Å²) in [5, 5.41) is 0. The fraction of sp³-hybridized carbons (Fsp3) is 1.00. The zero-order chi connectivity index (χ0) is 9.12. The van der Waals surface area contributed by atoms with E-state index < -0.39 is 6.57 Å². The van der Waals surface area contributed by atoms with Crippen molar-refractivity contribution < 1.29 is 9.09 Å². The fourth-order valence-electron chi connectivity index (χ4n) is 0.364. The molecule has 11 heavy (non-hydrogen) atoms. The summed E-state index contributed by atoms with van der Waals surface area (Å²) in [4.78, 5) is 0. The molecule has 0 heterocycles. The highest BCUT2D eigenvalue weighted by atomic mass is 32.7. The first kappa shape index (κ1) is 11.5. The van der Waals surface area contributed by atoms with Gasteiger partial charge in [0.15, 0.2) is 0 Å². The Labute approximate surface area is 73.3 Å². The minimum absolute atomic E-state index is 0.0986. The highest BCUT2D eigenvalue weighted by molar-refractivity contribution is 8.56. The third-order valence-corrected chi connectivity index (χ3v) is 4.63. The van der Waals surface area contributed by atoms with Crippen LogP contribution in [-0.2, 0) is 9.09 Å². The van der Waals surface area contributed by atoms with E-state index in [1.54, 1.807) is 6.66 Å². The lowest BCUT2D eigenvalue weighted by atomic mass is 9.99. The Bertz CT molecular complexity index is 162. The molecule has 1 atom stereocenters. The zero-order valence-corrected chi connectivity index (χ0v) is 9.59. The van der Waals surface area contributed by atoms with Crippen molar-refractivity contribution >= 4 is 18.0 Å². The normalized spacial score (nSPS) is 17.9. The van der Waals surface area contributed by atoms with Crippen LogP contribution in [-0.4, -0.2) is 19.5 Å². The number of rotatable bonds is 3. The van der Waals surface area contributed by atoms with Crippen molar-refractivity contribution in [3.63, 3.8) is 0 Å². The third kappa shape index (κ3) is 6.92. The van der Waals surface area contributed by atoms with Crippen molar-refractivity contribution in [1.82, 2.24) is 0 Å². The second kappa shape index (κ2) is 3.97. The molecule has 0 spiro atoms. The van der Waals surface area contributed by atoms with Crippen molar-refractivity contribution in [2.24, 2.45) is 5.41 Å². The average molecular weight is 196 g/mol. The second-order valence-electron chi connectivity index (χ2n) is 3.79. The molecular formula is C7H17O2PS. The van der Waals surface area contributed by atoms with Crippen LogP contribution in [0.3, 0.4) is 0 Å². The van der Waals surface area contributed by atoms with Crippen LogP contribution in [0.25, 0.3) is 0 Å². The van der Waals surface area contributed by atoms with E-state index in [9.17, 15) is 4.57 Å². The summed E-state index contributed by atoms with van der Waals surface area (Å²) >= 11 is 1.30. The second-order valence-corrected chi connectivity index (χ2v) is 9.04. The van der Waals surface area contributed by atoms with E-state index in [0.717, 1.165) is 0 Å². The Morgan fingerprint density at radius 3 is 2.18 bits per heavy atom. The molecule has 0 fully saturated rings. The van der Waals surface area contributed by atoms with Crippen molar-refractivity contribution in [3.8, 4) is 0 Å². The predicted molar refractivity (Wildman–Crippen MR) is 52.5 cm³/mol. The molecular weight excluding hydrogens is 179 g/mol. The zero-order valence-electron chi connectivity index (χ0n) is 7.88. The topological polar surface area (TPSA) is 26.3 Å². The van der Waals surface area contributed by atoms with Gasteiger partial charge in [0.05, 0.1) is 6.61 Å². The monoisotopic (exact) mass is 196 g/mol. The first-order valence-electron chi connectivity index (χ1n) is 3.55. The molecule has 0 radical (unpaired) electrons. The molecule has 0 aromatic carbocycles. The van der Waals surface area contributed by atoms with Crippen molar-refractivity contribution in [1.29, 1.82) is 0 Å². The predicted octanol–water partition coefficient (Wildman–Crippen LogP) is 3.24. The molecule has 0 N–H and O–H groups in total. The Kier molecular flexibility index (Phi) is 4.17. The van der Waals surface area contributed by atoms with Gasteiger partial charge in [-0.05, 0) is 11.7 Å². The first-order valence-corrected chi connectivity index (χ1v) is 7.45. The van der Waals surface area contributed by atoms with E-state index in [-0.39, 0.29) is 5.41 Å². The summed E-state index contributed by atoms with van der Waals surface area (Å²) in [5.74, 6) is 0. The van der Waals surface area contributed by atoms with Gasteiger partial charge >= 0.3 is 0 Å². The molecule has 0 aromatic heterocycles. The Morgan fingerprint density at radius 1 is 1.45 bits per heavy atom. The molecule has 68 valence electrons. The molecule has 0 aliphatic carbocycles. The lowest BCUT2D eigenvalue weighted by Gasteiger charge is -2.20.